The van der Waals surface area contributed by atoms with E-state index in [0.29, 0.717) is 15.9 Å². The fraction of sp³-hybridized carbons (Fsp3) is 0.200. The maximum absolute atomic E-state index is 12.2. The van der Waals surface area contributed by atoms with Crippen LogP contribution in [0.1, 0.15) is 11.1 Å². The van der Waals surface area contributed by atoms with Gasteiger partial charge in [0.1, 0.15) is 11.5 Å². The topological polar surface area (TPSA) is 60.5 Å². The number of rotatable bonds is 6. The Kier molecular flexibility index (Phi) is 5.98. The molecule has 0 bridgehead atoms. The third kappa shape index (κ3) is 4.59. The summed E-state index contributed by atoms with van der Waals surface area (Å²) in [6.45, 7) is 3.69. The Morgan fingerprint density at radius 3 is 2.63 bits per heavy atom. The van der Waals surface area contributed by atoms with E-state index in [1.54, 1.807) is 7.11 Å². The van der Waals surface area contributed by atoms with Gasteiger partial charge in [-0.25, -0.2) is 4.98 Å². The van der Waals surface area contributed by atoms with Crippen LogP contribution >= 0.6 is 22.9 Å². The molecule has 3 rings (SSSR count). The number of methoxy groups -OCH3 is 1. The van der Waals surface area contributed by atoms with Crippen LogP contribution in [0.2, 0.25) is 5.02 Å². The van der Waals surface area contributed by atoms with E-state index >= 15 is 0 Å². The van der Waals surface area contributed by atoms with E-state index in [1.165, 1.54) is 11.3 Å². The van der Waals surface area contributed by atoms with Crippen molar-refractivity contribution in [1.82, 2.24) is 4.98 Å². The molecular weight excluding hydrogens is 384 g/mol. The highest BCUT2D eigenvalue weighted by Crippen LogP contribution is 2.32. The summed E-state index contributed by atoms with van der Waals surface area (Å²) in [5.41, 5.74) is 3.44. The standard InChI is InChI=1S/C20H19ClN2O3S/c1-12-8-14(9-13(2)19(12)21)26-10-18(24)23-20-22-16(11-27-20)15-6-4-5-7-17(15)25-3/h4-9,11H,10H2,1-3H3,(H,22,23,24). The van der Waals surface area contributed by atoms with E-state index in [1.807, 2.05) is 55.6 Å². The van der Waals surface area contributed by atoms with Crippen molar-refractivity contribution >= 4 is 34.0 Å². The van der Waals surface area contributed by atoms with Gasteiger partial charge in [-0.1, -0.05) is 23.7 Å². The van der Waals surface area contributed by atoms with Crippen LogP contribution in [0.25, 0.3) is 11.3 Å². The first-order chi connectivity index (χ1) is 13.0. The van der Waals surface area contributed by atoms with E-state index in [4.69, 9.17) is 21.1 Å². The van der Waals surface area contributed by atoms with Gasteiger partial charge in [-0.2, -0.15) is 0 Å². The Labute approximate surface area is 166 Å². The normalized spacial score (nSPS) is 10.5. The number of hydrogen-bond donors (Lipinski definition) is 1. The fourth-order valence-corrected chi connectivity index (χ4v) is 3.44. The van der Waals surface area contributed by atoms with E-state index < -0.39 is 0 Å². The molecule has 0 aliphatic heterocycles. The van der Waals surface area contributed by atoms with Gasteiger partial charge in [0, 0.05) is 16.0 Å². The summed E-state index contributed by atoms with van der Waals surface area (Å²) < 4.78 is 10.9. The van der Waals surface area contributed by atoms with Crippen LogP contribution in [0, 0.1) is 13.8 Å². The van der Waals surface area contributed by atoms with Crippen molar-refractivity contribution in [3.8, 4) is 22.8 Å². The molecule has 3 aromatic rings. The number of nitrogens with zero attached hydrogens (tertiary/aromatic N) is 1. The zero-order valence-corrected chi connectivity index (χ0v) is 16.8. The summed E-state index contributed by atoms with van der Waals surface area (Å²) in [6, 6.07) is 11.2. The minimum absolute atomic E-state index is 0.107. The van der Waals surface area contributed by atoms with Crippen molar-refractivity contribution in [3.63, 3.8) is 0 Å². The first-order valence-corrected chi connectivity index (χ1v) is 9.52. The molecule has 0 atom stereocenters. The summed E-state index contributed by atoms with van der Waals surface area (Å²) in [7, 11) is 1.62. The number of thiazole rings is 1. The van der Waals surface area contributed by atoms with Gasteiger partial charge in [0.15, 0.2) is 11.7 Å². The van der Waals surface area contributed by atoms with Gasteiger partial charge in [-0.05, 0) is 49.2 Å². The lowest BCUT2D eigenvalue weighted by Crippen LogP contribution is -2.20. The van der Waals surface area contributed by atoms with Gasteiger partial charge in [0.05, 0.1) is 12.8 Å². The molecular formula is C20H19ClN2O3S. The van der Waals surface area contributed by atoms with E-state index in [-0.39, 0.29) is 12.5 Å². The van der Waals surface area contributed by atoms with Crippen molar-refractivity contribution < 1.29 is 14.3 Å². The van der Waals surface area contributed by atoms with E-state index in [9.17, 15) is 4.79 Å². The molecule has 2 aromatic carbocycles. The maximum Gasteiger partial charge on any atom is 0.264 e. The monoisotopic (exact) mass is 402 g/mol. The van der Waals surface area contributed by atoms with Crippen molar-refractivity contribution in [2.45, 2.75) is 13.8 Å². The van der Waals surface area contributed by atoms with Crippen LogP contribution in [0.5, 0.6) is 11.5 Å². The number of carbonyl (C=O) groups is 1. The molecule has 0 fully saturated rings. The zero-order chi connectivity index (χ0) is 19.4. The highest BCUT2D eigenvalue weighted by atomic mass is 35.5. The molecule has 0 radical (unpaired) electrons. The average molecular weight is 403 g/mol. The Morgan fingerprint density at radius 2 is 1.93 bits per heavy atom. The molecule has 1 N–H and O–H groups in total. The summed E-state index contributed by atoms with van der Waals surface area (Å²) in [5.74, 6) is 1.07. The first kappa shape index (κ1) is 19.2. The molecule has 1 aromatic heterocycles. The van der Waals surface area contributed by atoms with Crippen molar-refractivity contribution in [3.05, 3.63) is 57.9 Å². The quantitative estimate of drug-likeness (QED) is 0.622. The molecule has 27 heavy (non-hydrogen) atoms. The molecule has 0 aliphatic rings. The number of ether oxygens (including phenoxy) is 2. The Morgan fingerprint density at radius 1 is 1.22 bits per heavy atom. The molecule has 0 unspecified atom stereocenters. The Bertz CT molecular complexity index is 948. The van der Waals surface area contributed by atoms with Crippen LogP contribution in [0.3, 0.4) is 0 Å². The lowest BCUT2D eigenvalue weighted by molar-refractivity contribution is -0.118. The van der Waals surface area contributed by atoms with Crippen LogP contribution in [-0.4, -0.2) is 24.6 Å². The number of halogens is 1. The highest BCUT2D eigenvalue weighted by Gasteiger charge is 2.12. The average Bonchev–Trinajstić information content (AvgIpc) is 3.12. The zero-order valence-electron chi connectivity index (χ0n) is 15.2. The largest absolute Gasteiger partial charge is 0.496 e. The maximum atomic E-state index is 12.2. The number of benzene rings is 2. The van der Waals surface area contributed by atoms with Crippen molar-refractivity contribution in [2.24, 2.45) is 0 Å². The molecule has 1 heterocycles. The minimum Gasteiger partial charge on any atom is -0.496 e. The van der Waals surface area contributed by atoms with Gasteiger partial charge in [0.25, 0.3) is 5.91 Å². The molecule has 0 saturated heterocycles. The predicted octanol–water partition coefficient (Wildman–Crippen LogP) is 5.11. The number of aryl methyl sites for hydroxylation is 2. The van der Waals surface area contributed by atoms with Crippen LogP contribution in [0.4, 0.5) is 5.13 Å². The minimum atomic E-state index is -0.277. The van der Waals surface area contributed by atoms with Crippen molar-refractivity contribution in [1.29, 1.82) is 0 Å². The van der Waals surface area contributed by atoms with Crippen molar-refractivity contribution in [2.75, 3.05) is 19.0 Å². The summed E-state index contributed by atoms with van der Waals surface area (Å²) in [5, 5.41) is 5.85. The third-order valence-electron chi connectivity index (χ3n) is 3.91. The van der Waals surface area contributed by atoms with E-state index in [0.717, 1.165) is 28.1 Å². The second kappa shape index (κ2) is 8.41. The fourth-order valence-electron chi connectivity index (χ4n) is 2.60. The van der Waals surface area contributed by atoms with Crippen LogP contribution in [0.15, 0.2) is 41.8 Å². The second-order valence-electron chi connectivity index (χ2n) is 5.95. The van der Waals surface area contributed by atoms with Crippen LogP contribution in [-0.2, 0) is 4.79 Å². The molecule has 0 saturated carbocycles. The van der Waals surface area contributed by atoms with Gasteiger partial charge in [0.2, 0.25) is 0 Å². The number of hydrogen-bond acceptors (Lipinski definition) is 5. The Hall–Kier alpha value is -2.57. The number of aromatic nitrogens is 1. The summed E-state index contributed by atoms with van der Waals surface area (Å²) in [4.78, 5) is 16.6. The van der Waals surface area contributed by atoms with Crippen LogP contribution < -0.4 is 14.8 Å². The smallest absolute Gasteiger partial charge is 0.264 e. The Balaban J connectivity index is 1.63. The highest BCUT2D eigenvalue weighted by molar-refractivity contribution is 7.14. The lowest BCUT2D eigenvalue weighted by Gasteiger charge is -2.09. The SMILES string of the molecule is COc1ccccc1-c1csc(NC(=O)COc2cc(C)c(Cl)c(C)c2)n1. The lowest BCUT2D eigenvalue weighted by atomic mass is 10.1. The van der Waals surface area contributed by atoms with Gasteiger partial charge in [-0.3, -0.25) is 10.1 Å². The molecule has 0 spiro atoms. The number of carbonyl (C=O) groups excluding carboxylic acids is 1. The summed E-state index contributed by atoms with van der Waals surface area (Å²) >= 11 is 7.49. The molecule has 7 heteroatoms. The molecule has 0 aliphatic carbocycles. The van der Waals surface area contributed by atoms with E-state index in [2.05, 4.69) is 10.3 Å². The number of amides is 1. The predicted molar refractivity (Wildman–Crippen MR) is 109 cm³/mol. The number of nitrogens with one attached hydrogen (secondary N) is 1. The number of para-hydroxylation sites is 1. The number of anilines is 1. The first-order valence-electron chi connectivity index (χ1n) is 8.26. The van der Waals surface area contributed by atoms with Gasteiger partial charge in [-0.15, -0.1) is 11.3 Å². The van der Waals surface area contributed by atoms with Gasteiger partial charge < -0.3 is 9.47 Å². The molecule has 5 nitrogen and oxygen atoms in total. The third-order valence-corrected chi connectivity index (χ3v) is 5.27. The molecule has 1 amide bonds. The summed E-state index contributed by atoms with van der Waals surface area (Å²) in [6.07, 6.45) is 0. The second-order valence-corrected chi connectivity index (χ2v) is 7.18. The van der Waals surface area contributed by atoms with Gasteiger partial charge >= 0.3 is 0 Å². The molecule has 140 valence electrons.